The van der Waals surface area contributed by atoms with Gasteiger partial charge in [0.15, 0.2) is 0 Å². The molecular weight excluding hydrogens is 288 g/mol. The van der Waals surface area contributed by atoms with E-state index in [0.717, 1.165) is 23.7 Å². The number of thiophene rings is 1. The molecule has 1 aliphatic rings. The minimum absolute atomic E-state index is 0.279. The minimum atomic E-state index is -0.927. The average molecular weight is 304 g/mol. The quantitative estimate of drug-likeness (QED) is 0.939. The van der Waals surface area contributed by atoms with Crippen molar-refractivity contribution in [1.82, 2.24) is 9.88 Å². The van der Waals surface area contributed by atoms with Gasteiger partial charge in [-0.2, -0.15) is 0 Å². The van der Waals surface area contributed by atoms with Gasteiger partial charge in [0.05, 0.1) is 35.0 Å². The highest BCUT2D eigenvalue weighted by Gasteiger charge is 2.18. The minimum Gasteiger partial charge on any atom is -0.478 e. The largest absolute Gasteiger partial charge is 0.478 e. The number of pyridine rings is 1. The van der Waals surface area contributed by atoms with Crippen LogP contribution in [0.15, 0.2) is 29.6 Å². The highest BCUT2D eigenvalue weighted by atomic mass is 32.1. The van der Waals surface area contributed by atoms with Crippen LogP contribution in [0.4, 0.5) is 0 Å². The zero-order valence-corrected chi connectivity index (χ0v) is 12.3. The molecule has 3 heterocycles. The normalized spacial score (nSPS) is 16.0. The molecule has 1 fully saturated rings. The SMILES string of the molecule is O=C(O)c1ccc(-c2cccs2)nc1CN1CCOCC1. The standard InChI is InChI=1S/C15H16N2O3S/c18-15(19)11-3-4-12(14-2-1-9-21-14)16-13(11)10-17-5-7-20-8-6-17/h1-4,9H,5-8,10H2,(H,18,19). The summed E-state index contributed by atoms with van der Waals surface area (Å²) in [5.74, 6) is -0.927. The number of carbonyl (C=O) groups is 1. The summed E-state index contributed by atoms with van der Waals surface area (Å²) in [5, 5.41) is 11.3. The topological polar surface area (TPSA) is 62.7 Å². The van der Waals surface area contributed by atoms with E-state index in [1.807, 2.05) is 17.5 Å². The Kier molecular flexibility index (Phi) is 4.28. The van der Waals surface area contributed by atoms with Gasteiger partial charge in [-0.15, -0.1) is 11.3 Å². The molecule has 0 atom stereocenters. The van der Waals surface area contributed by atoms with Gasteiger partial charge in [-0.3, -0.25) is 4.90 Å². The number of nitrogens with zero attached hydrogens (tertiary/aromatic N) is 2. The zero-order chi connectivity index (χ0) is 14.7. The van der Waals surface area contributed by atoms with Crippen LogP contribution in [0.25, 0.3) is 10.6 Å². The Hall–Kier alpha value is -1.76. The molecule has 110 valence electrons. The second-order valence-corrected chi connectivity index (χ2v) is 5.81. The molecule has 0 spiro atoms. The van der Waals surface area contributed by atoms with Gasteiger partial charge < -0.3 is 9.84 Å². The summed E-state index contributed by atoms with van der Waals surface area (Å²) in [5.41, 5.74) is 1.73. The fourth-order valence-electron chi connectivity index (χ4n) is 2.35. The van der Waals surface area contributed by atoms with Crippen LogP contribution in [0, 0.1) is 0 Å². The highest BCUT2D eigenvalue weighted by molar-refractivity contribution is 7.13. The number of aromatic nitrogens is 1. The van der Waals surface area contributed by atoms with Crippen molar-refractivity contribution in [2.45, 2.75) is 6.54 Å². The molecule has 0 radical (unpaired) electrons. The van der Waals surface area contributed by atoms with Crippen molar-refractivity contribution >= 4 is 17.3 Å². The van der Waals surface area contributed by atoms with Gasteiger partial charge in [-0.05, 0) is 23.6 Å². The van der Waals surface area contributed by atoms with Crippen molar-refractivity contribution in [2.75, 3.05) is 26.3 Å². The lowest BCUT2D eigenvalue weighted by molar-refractivity contribution is 0.0334. The van der Waals surface area contributed by atoms with Gasteiger partial charge in [0.2, 0.25) is 0 Å². The summed E-state index contributed by atoms with van der Waals surface area (Å²) in [4.78, 5) is 19.2. The van der Waals surface area contributed by atoms with E-state index in [-0.39, 0.29) is 5.56 Å². The van der Waals surface area contributed by atoms with Gasteiger partial charge in [-0.25, -0.2) is 9.78 Å². The van der Waals surface area contributed by atoms with Crippen molar-refractivity contribution in [2.24, 2.45) is 0 Å². The summed E-state index contributed by atoms with van der Waals surface area (Å²) in [6.45, 7) is 3.54. The molecule has 5 nitrogen and oxygen atoms in total. The molecule has 0 unspecified atom stereocenters. The van der Waals surface area contributed by atoms with E-state index in [4.69, 9.17) is 4.74 Å². The zero-order valence-electron chi connectivity index (χ0n) is 11.5. The molecule has 21 heavy (non-hydrogen) atoms. The van der Waals surface area contributed by atoms with Gasteiger partial charge in [0.25, 0.3) is 0 Å². The van der Waals surface area contributed by atoms with Crippen LogP contribution in [0.1, 0.15) is 16.1 Å². The molecule has 6 heteroatoms. The van der Waals surface area contributed by atoms with Crippen LogP contribution in [0.2, 0.25) is 0 Å². The fourth-order valence-corrected chi connectivity index (χ4v) is 3.04. The van der Waals surface area contributed by atoms with E-state index < -0.39 is 5.97 Å². The maximum Gasteiger partial charge on any atom is 0.337 e. The smallest absolute Gasteiger partial charge is 0.337 e. The summed E-state index contributed by atoms with van der Waals surface area (Å²) < 4.78 is 5.32. The Bertz CT molecular complexity index is 622. The van der Waals surface area contributed by atoms with Gasteiger partial charge in [0.1, 0.15) is 0 Å². The molecule has 0 aromatic carbocycles. The number of carboxylic acid groups (broad SMARTS) is 1. The first-order valence-electron chi connectivity index (χ1n) is 6.81. The van der Waals surface area contributed by atoms with Gasteiger partial charge in [-0.1, -0.05) is 6.07 Å². The lowest BCUT2D eigenvalue weighted by Crippen LogP contribution is -2.36. The highest BCUT2D eigenvalue weighted by Crippen LogP contribution is 2.24. The lowest BCUT2D eigenvalue weighted by atomic mass is 10.1. The third-order valence-electron chi connectivity index (χ3n) is 3.46. The third-order valence-corrected chi connectivity index (χ3v) is 4.35. The monoisotopic (exact) mass is 304 g/mol. The number of rotatable bonds is 4. The second kappa shape index (κ2) is 6.34. The number of morpholine rings is 1. The van der Waals surface area contributed by atoms with Crippen LogP contribution in [0.3, 0.4) is 0 Å². The molecule has 0 bridgehead atoms. The van der Waals surface area contributed by atoms with Crippen LogP contribution >= 0.6 is 11.3 Å². The molecule has 2 aromatic heterocycles. The molecule has 3 rings (SSSR count). The molecule has 2 aromatic rings. The van der Waals surface area contributed by atoms with E-state index in [2.05, 4.69) is 9.88 Å². The van der Waals surface area contributed by atoms with Crippen LogP contribution in [0.5, 0.6) is 0 Å². The number of hydrogen-bond donors (Lipinski definition) is 1. The lowest BCUT2D eigenvalue weighted by Gasteiger charge is -2.26. The Labute approximate surface area is 126 Å². The molecule has 0 aliphatic carbocycles. The molecule has 0 saturated carbocycles. The summed E-state index contributed by atoms with van der Waals surface area (Å²) in [6, 6.07) is 7.39. The van der Waals surface area contributed by atoms with Gasteiger partial charge >= 0.3 is 5.97 Å². The van der Waals surface area contributed by atoms with Crippen molar-refractivity contribution in [3.63, 3.8) is 0 Å². The predicted octanol–water partition coefficient (Wildman–Crippen LogP) is 2.34. The Morgan fingerprint density at radius 2 is 2.14 bits per heavy atom. The fraction of sp³-hybridized carbons (Fsp3) is 0.333. The van der Waals surface area contributed by atoms with Crippen molar-refractivity contribution in [1.29, 1.82) is 0 Å². The summed E-state index contributed by atoms with van der Waals surface area (Å²) in [6.07, 6.45) is 0. The average Bonchev–Trinajstić information content (AvgIpc) is 3.02. The number of aromatic carboxylic acids is 1. The summed E-state index contributed by atoms with van der Waals surface area (Å²) >= 11 is 1.60. The van der Waals surface area contributed by atoms with Crippen molar-refractivity contribution in [3.05, 3.63) is 40.9 Å². The predicted molar refractivity (Wildman–Crippen MR) is 80.6 cm³/mol. The Balaban J connectivity index is 1.90. The Morgan fingerprint density at radius 3 is 2.81 bits per heavy atom. The van der Waals surface area contributed by atoms with Crippen LogP contribution in [-0.2, 0) is 11.3 Å². The first-order chi connectivity index (χ1) is 10.2. The van der Waals surface area contributed by atoms with E-state index >= 15 is 0 Å². The first-order valence-corrected chi connectivity index (χ1v) is 7.69. The number of ether oxygens (including phenoxy) is 1. The molecule has 0 amide bonds. The molecule has 1 aliphatic heterocycles. The van der Waals surface area contributed by atoms with Crippen LogP contribution in [-0.4, -0.2) is 47.3 Å². The maximum absolute atomic E-state index is 11.4. The van der Waals surface area contributed by atoms with E-state index in [1.165, 1.54) is 0 Å². The number of carboxylic acids is 1. The second-order valence-electron chi connectivity index (χ2n) is 4.86. The van der Waals surface area contributed by atoms with E-state index in [1.54, 1.807) is 23.5 Å². The van der Waals surface area contributed by atoms with E-state index in [0.29, 0.717) is 25.5 Å². The Morgan fingerprint density at radius 1 is 1.33 bits per heavy atom. The molecule has 1 saturated heterocycles. The van der Waals surface area contributed by atoms with Crippen molar-refractivity contribution in [3.8, 4) is 10.6 Å². The number of hydrogen-bond acceptors (Lipinski definition) is 5. The van der Waals surface area contributed by atoms with Gasteiger partial charge in [0, 0.05) is 19.6 Å². The first kappa shape index (κ1) is 14.2. The van der Waals surface area contributed by atoms with Crippen molar-refractivity contribution < 1.29 is 14.6 Å². The molecule has 1 N–H and O–H groups in total. The maximum atomic E-state index is 11.4. The molecular formula is C15H16N2O3S. The van der Waals surface area contributed by atoms with E-state index in [9.17, 15) is 9.90 Å². The summed E-state index contributed by atoms with van der Waals surface area (Å²) in [7, 11) is 0. The third kappa shape index (κ3) is 3.29. The van der Waals surface area contributed by atoms with Crippen LogP contribution < -0.4 is 0 Å².